The van der Waals surface area contributed by atoms with Gasteiger partial charge in [0.2, 0.25) is 0 Å². The molecule has 1 aliphatic carbocycles. The van der Waals surface area contributed by atoms with E-state index >= 15 is 0 Å². The van der Waals surface area contributed by atoms with E-state index in [0.29, 0.717) is 11.5 Å². The lowest BCUT2D eigenvalue weighted by Gasteiger charge is -2.42. The summed E-state index contributed by atoms with van der Waals surface area (Å²) in [7, 11) is 0. The molecule has 3 nitrogen and oxygen atoms in total. The van der Waals surface area contributed by atoms with Crippen LogP contribution in [0.3, 0.4) is 0 Å². The number of fused-ring (bicyclic) bond motifs is 3. The number of hydrogen-bond donors (Lipinski definition) is 1. The molecule has 2 aliphatic heterocycles. The third-order valence-electron chi connectivity index (χ3n) is 4.69. The molecule has 3 rings (SSSR count). The minimum Gasteiger partial charge on any atom is -0.330 e. The van der Waals surface area contributed by atoms with Crippen molar-refractivity contribution in [2.24, 2.45) is 5.41 Å². The molecular formula is C11H18N2O. The molecule has 1 spiro atoms. The molecule has 3 fully saturated rings. The van der Waals surface area contributed by atoms with E-state index in [0.717, 1.165) is 13.0 Å². The van der Waals surface area contributed by atoms with Crippen LogP contribution < -0.4 is 5.32 Å². The van der Waals surface area contributed by atoms with Crippen molar-refractivity contribution in [3.05, 3.63) is 0 Å². The summed E-state index contributed by atoms with van der Waals surface area (Å²) in [5, 5.41) is 3.20. The number of nitrogens with one attached hydrogen (secondary N) is 1. The Morgan fingerprint density at radius 3 is 2.86 bits per heavy atom. The van der Waals surface area contributed by atoms with Gasteiger partial charge in [-0.05, 0) is 38.0 Å². The van der Waals surface area contributed by atoms with Gasteiger partial charge in [0, 0.05) is 12.6 Å². The highest BCUT2D eigenvalue weighted by Gasteiger charge is 2.65. The van der Waals surface area contributed by atoms with Gasteiger partial charge in [-0.2, -0.15) is 0 Å². The van der Waals surface area contributed by atoms with Gasteiger partial charge in [-0.1, -0.05) is 6.92 Å². The van der Waals surface area contributed by atoms with Gasteiger partial charge in [0.15, 0.2) is 0 Å². The molecule has 2 amide bonds. The van der Waals surface area contributed by atoms with Crippen molar-refractivity contribution in [1.82, 2.24) is 10.2 Å². The van der Waals surface area contributed by atoms with E-state index in [1.807, 2.05) is 4.90 Å². The van der Waals surface area contributed by atoms with E-state index in [2.05, 4.69) is 19.2 Å². The Balaban J connectivity index is 1.97. The van der Waals surface area contributed by atoms with Crippen molar-refractivity contribution in [3.63, 3.8) is 0 Å². The van der Waals surface area contributed by atoms with E-state index < -0.39 is 0 Å². The molecule has 2 bridgehead atoms. The Kier molecular flexibility index (Phi) is 1.38. The van der Waals surface area contributed by atoms with Crippen LogP contribution in [0.5, 0.6) is 0 Å². The Labute approximate surface area is 84.8 Å². The second-order valence-corrected chi connectivity index (χ2v) is 5.44. The molecule has 3 aliphatic rings. The van der Waals surface area contributed by atoms with Crippen LogP contribution in [0, 0.1) is 5.41 Å². The van der Waals surface area contributed by atoms with Crippen LogP contribution in [0.25, 0.3) is 0 Å². The molecule has 1 N–H and O–H groups in total. The molecule has 0 aromatic rings. The summed E-state index contributed by atoms with van der Waals surface area (Å²) < 4.78 is 0. The van der Waals surface area contributed by atoms with Crippen LogP contribution in [0.2, 0.25) is 0 Å². The molecule has 0 radical (unpaired) electrons. The van der Waals surface area contributed by atoms with Crippen molar-refractivity contribution in [1.29, 1.82) is 0 Å². The summed E-state index contributed by atoms with van der Waals surface area (Å²) in [6, 6.07) is 0.663. The molecule has 0 aromatic heterocycles. The van der Waals surface area contributed by atoms with E-state index in [-0.39, 0.29) is 11.6 Å². The van der Waals surface area contributed by atoms with Gasteiger partial charge in [0.25, 0.3) is 0 Å². The van der Waals surface area contributed by atoms with Gasteiger partial charge in [0.05, 0.1) is 5.54 Å². The van der Waals surface area contributed by atoms with Crippen LogP contribution in [0.4, 0.5) is 4.79 Å². The monoisotopic (exact) mass is 194 g/mol. The fourth-order valence-electron chi connectivity index (χ4n) is 3.41. The minimum absolute atomic E-state index is 0.0791. The standard InChI is InChI=1S/C11H18N2O/c1-3-8-6-11(4-5-11)10(2)7-13(8)9(14)12-10/h8H,3-7H2,1-2H3,(H,12,14)/t8-,10+/m1/s1. The summed E-state index contributed by atoms with van der Waals surface area (Å²) >= 11 is 0. The van der Waals surface area contributed by atoms with Crippen molar-refractivity contribution in [3.8, 4) is 0 Å². The van der Waals surface area contributed by atoms with Crippen molar-refractivity contribution in [2.75, 3.05) is 6.54 Å². The van der Waals surface area contributed by atoms with Gasteiger partial charge in [-0.15, -0.1) is 0 Å². The summed E-state index contributed by atoms with van der Waals surface area (Å²) in [6.07, 6.45) is 4.95. The molecule has 1 saturated carbocycles. The summed E-state index contributed by atoms with van der Waals surface area (Å²) in [5.74, 6) is 0. The van der Waals surface area contributed by atoms with Crippen molar-refractivity contribution >= 4 is 6.03 Å². The molecule has 0 unspecified atom stereocenters. The fourth-order valence-corrected chi connectivity index (χ4v) is 3.41. The number of hydrogen-bond acceptors (Lipinski definition) is 1. The Morgan fingerprint density at radius 2 is 2.29 bits per heavy atom. The van der Waals surface area contributed by atoms with Crippen molar-refractivity contribution in [2.45, 2.75) is 51.1 Å². The van der Waals surface area contributed by atoms with Crippen LogP contribution >= 0.6 is 0 Å². The van der Waals surface area contributed by atoms with Crippen LogP contribution in [-0.2, 0) is 0 Å². The summed E-state index contributed by atoms with van der Waals surface area (Å²) in [6.45, 7) is 5.35. The van der Waals surface area contributed by atoms with E-state index in [1.54, 1.807) is 0 Å². The van der Waals surface area contributed by atoms with Crippen molar-refractivity contribution < 1.29 is 4.79 Å². The minimum atomic E-state index is 0.0791. The first-order valence-electron chi connectivity index (χ1n) is 5.69. The highest BCUT2D eigenvalue weighted by atomic mass is 16.2. The Morgan fingerprint density at radius 1 is 1.57 bits per heavy atom. The predicted molar refractivity (Wildman–Crippen MR) is 54.0 cm³/mol. The number of piperidine rings is 1. The van der Waals surface area contributed by atoms with Gasteiger partial charge in [-0.3, -0.25) is 0 Å². The van der Waals surface area contributed by atoms with Gasteiger partial charge < -0.3 is 10.2 Å². The molecule has 2 heterocycles. The molecule has 0 aromatic carbocycles. The Hall–Kier alpha value is -0.730. The highest BCUT2D eigenvalue weighted by molar-refractivity contribution is 5.79. The van der Waals surface area contributed by atoms with Gasteiger partial charge in [-0.25, -0.2) is 4.79 Å². The molecule has 78 valence electrons. The largest absolute Gasteiger partial charge is 0.330 e. The quantitative estimate of drug-likeness (QED) is 0.677. The molecule has 2 saturated heterocycles. The molecule has 14 heavy (non-hydrogen) atoms. The number of carbonyl (C=O) groups is 1. The topological polar surface area (TPSA) is 32.3 Å². The normalized spacial score (nSPS) is 42.9. The van der Waals surface area contributed by atoms with Gasteiger partial charge in [0.1, 0.15) is 0 Å². The zero-order valence-electron chi connectivity index (χ0n) is 8.97. The molecule has 2 atom stereocenters. The third kappa shape index (κ3) is 0.812. The average molecular weight is 194 g/mol. The fraction of sp³-hybridized carbons (Fsp3) is 0.909. The number of amides is 2. The zero-order valence-corrected chi connectivity index (χ0v) is 8.97. The molecular weight excluding hydrogens is 176 g/mol. The van der Waals surface area contributed by atoms with E-state index in [4.69, 9.17) is 0 Å². The Bertz CT molecular complexity index is 298. The smallest absolute Gasteiger partial charge is 0.318 e. The maximum Gasteiger partial charge on any atom is 0.318 e. The second-order valence-electron chi connectivity index (χ2n) is 5.44. The third-order valence-corrected chi connectivity index (χ3v) is 4.69. The summed E-state index contributed by atoms with van der Waals surface area (Å²) in [5.41, 5.74) is 0.534. The zero-order chi connectivity index (χ0) is 9.97. The first-order chi connectivity index (χ1) is 6.60. The lowest BCUT2D eigenvalue weighted by Crippen LogP contribution is -2.53. The SMILES string of the molecule is CC[C@@H]1CC2(CC2)[C@]2(C)CN1C(=O)N2. The maximum absolute atomic E-state index is 11.8. The highest BCUT2D eigenvalue weighted by Crippen LogP contribution is 2.61. The molecule has 3 heteroatoms. The summed E-state index contributed by atoms with van der Waals surface area (Å²) in [4.78, 5) is 13.8. The number of rotatable bonds is 1. The first-order valence-corrected chi connectivity index (χ1v) is 5.69. The average Bonchev–Trinajstić information content (AvgIpc) is 2.86. The second kappa shape index (κ2) is 2.26. The van der Waals surface area contributed by atoms with E-state index in [9.17, 15) is 4.79 Å². The lowest BCUT2D eigenvalue weighted by molar-refractivity contribution is 0.104. The first kappa shape index (κ1) is 8.57. The maximum atomic E-state index is 11.8. The van der Waals surface area contributed by atoms with Gasteiger partial charge >= 0.3 is 6.03 Å². The number of carbonyl (C=O) groups excluding carboxylic acids is 1. The lowest BCUT2D eigenvalue weighted by atomic mass is 9.75. The number of urea groups is 1. The number of nitrogens with zero attached hydrogens (tertiary/aromatic N) is 1. The van der Waals surface area contributed by atoms with E-state index in [1.165, 1.54) is 19.3 Å². The van der Waals surface area contributed by atoms with Crippen LogP contribution in [0.15, 0.2) is 0 Å². The van der Waals surface area contributed by atoms with Crippen LogP contribution in [-0.4, -0.2) is 29.1 Å². The predicted octanol–water partition coefficient (Wildman–Crippen LogP) is 1.73. The van der Waals surface area contributed by atoms with Crippen LogP contribution in [0.1, 0.15) is 39.5 Å².